The molecule has 0 bridgehead atoms. The van der Waals surface area contributed by atoms with Crippen molar-refractivity contribution in [1.82, 2.24) is 5.32 Å². The number of amides is 1. The molecule has 0 fully saturated rings. The van der Waals surface area contributed by atoms with Gasteiger partial charge in [0.1, 0.15) is 6.04 Å². The van der Waals surface area contributed by atoms with Crippen LogP contribution in [0.4, 0.5) is 0 Å². The number of esters is 2. The smallest absolute Gasteiger partial charge is 0.338 e. The van der Waals surface area contributed by atoms with E-state index in [1.807, 2.05) is 33.8 Å². The summed E-state index contributed by atoms with van der Waals surface area (Å²) in [7, 11) is 1.27. The van der Waals surface area contributed by atoms with Gasteiger partial charge in [-0.05, 0) is 43.4 Å². The average molecular weight is 335 g/mol. The zero-order chi connectivity index (χ0) is 18.3. The van der Waals surface area contributed by atoms with Crippen LogP contribution in [-0.2, 0) is 19.1 Å². The van der Waals surface area contributed by atoms with Crippen molar-refractivity contribution in [1.29, 1.82) is 0 Å². The lowest BCUT2D eigenvalue weighted by atomic mass is 10.0. The third-order valence-corrected chi connectivity index (χ3v) is 3.69. The number of nitrogens with one attached hydrogen (secondary N) is 1. The Morgan fingerprint density at radius 3 is 2.42 bits per heavy atom. The van der Waals surface area contributed by atoms with E-state index in [9.17, 15) is 14.4 Å². The second-order valence-corrected chi connectivity index (χ2v) is 6.10. The lowest BCUT2D eigenvalue weighted by Gasteiger charge is -2.18. The minimum atomic E-state index is -0.748. The Hall–Kier alpha value is -2.37. The largest absolute Gasteiger partial charge is 0.467 e. The Morgan fingerprint density at radius 2 is 1.83 bits per heavy atom. The van der Waals surface area contributed by atoms with E-state index in [2.05, 4.69) is 10.1 Å². The molecule has 1 atom stereocenters. The summed E-state index contributed by atoms with van der Waals surface area (Å²) in [5, 5.41) is 2.54. The quantitative estimate of drug-likeness (QED) is 0.772. The van der Waals surface area contributed by atoms with Crippen LogP contribution < -0.4 is 5.32 Å². The van der Waals surface area contributed by atoms with E-state index in [0.29, 0.717) is 12.0 Å². The van der Waals surface area contributed by atoms with Crippen LogP contribution in [-0.4, -0.2) is 37.6 Å². The molecule has 1 N–H and O–H groups in total. The van der Waals surface area contributed by atoms with Crippen LogP contribution in [0, 0.1) is 19.8 Å². The predicted octanol–water partition coefficient (Wildman–Crippen LogP) is 2.16. The number of rotatable bonds is 7. The highest BCUT2D eigenvalue weighted by atomic mass is 16.5. The van der Waals surface area contributed by atoms with Gasteiger partial charge < -0.3 is 14.8 Å². The monoisotopic (exact) mass is 335 g/mol. The van der Waals surface area contributed by atoms with Gasteiger partial charge >= 0.3 is 11.9 Å². The molecule has 1 aromatic carbocycles. The molecular formula is C18H25NO5. The summed E-state index contributed by atoms with van der Waals surface area (Å²) in [5.41, 5.74) is 2.21. The van der Waals surface area contributed by atoms with E-state index in [0.717, 1.165) is 11.1 Å². The zero-order valence-electron chi connectivity index (χ0n) is 14.8. The number of carbonyl (C=O) groups is 3. The van der Waals surface area contributed by atoms with Crippen molar-refractivity contribution in [2.24, 2.45) is 5.92 Å². The molecule has 0 radical (unpaired) electrons. The standard InChI is InChI=1S/C18H25NO5/c1-11(2)9-15(18(22)23-5)19-16(20)10-24-17(21)14-8-6-7-12(3)13(14)4/h6-8,11,15H,9-10H2,1-5H3,(H,19,20)/t15-/m1/s1. The first-order valence-electron chi connectivity index (χ1n) is 7.86. The third kappa shape index (κ3) is 5.68. The second-order valence-electron chi connectivity index (χ2n) is 6.10. The van der Waals surface area contributed by atoms with Crippen LogP contribution in [0.2, 0.25) is 0 Å². The molecule has 0 aliphatic carbocycles. The van der Waals surface area contributed by atoms with Gasteiger partial charge in [-0.25, -0.2) is 9.59 Å². The van der Waals surface area contributed by atoms with Crippen molar-refractivity contribution < 1.29 is 23.9 Å². The van der Waals surface area contributed by atoms with Crippen molar-refractivity contribution in [3.8, 4) is 0 Å². The highest BCUT2D eigenvalue weighted by Gasteiger charge is 2.23. The molecule has 0 spiro atoms. The SMILES string of the molecule is COC(=O)[C@@H](CC(C)C)NC(=O)COC(=O)c1cccc(C)c1C. The van der Waals surface area contributed by atoms with Crippen LogP contribution >= 0.6 is 0 Å². The summed E-state index contributed by atoms with van der Waals surface area (Å²) >= 11 is 0. The fourth-order valence-electron chi connectivity index (χ4n) is 2.24. The van der Waals surface area contributed by atoms with Gasteiger partial charge in [-0.1, -0.05) is 26.0 Å². The molecule has 0 aliphatic heterocycles. The van der Waals surface area contributed by atoms with Crippen LogP contribution in [0.1, 0.15) is 41.8 Å². The van der Waals surface area contributed by atoms with Gasteiger partial charge in [0.2, 0.25) is 0 Å². The first kappa shape index (κ1) is 19.7. The number of methoxy groups -OCH3 is 1. The minimum absolute atomic E-state index is 0.201. The van der Waals surface area contributed by atoms with Gasteiger partial charge in [0, 0.05) is 0 Å². The van der Waals surface area contributed by atoms with E-state index in [1.54, 1.807) is 12.1 Å². The van der Waals surface area contributed by atoms with Gasteiger partial charge in [-0.15, -0.1) is 0 Å². The second kappa shape index (κ2) is 9.05. The third-order valence-electron chi connectivity index (χ3n) is 3.69. The highest BCUT2D eigenvalue weighted by Crippen LogP contribution is 2.13. The average Bonchev–Trinajstić information content (AvgIpc) is 2.53. The highest BCUT2D eigenvalue weighted by molar-refractivity contribution is 5.93. The molecule has 1 aromatic rings. The number of ether oxygens (including phenoxy) is 2. The zero-order valence-corrected chi connectivity index (χ0v) is 14.8. The Morgan fingerprint density at radius 1 is 1.17 bits per heavy atom. The predicted molar refractivity (Wildman–Crippen MR) is 89.6 cm³/mol. The molecule has 6 heteroatoms. The number of hydrogen-bond acceptors (Lipinski definition) is 5. The van der Waals surface area contributed by atoms with E-state index >= 15 is 0 Å². The van der Waals surface area contributed by atoms with Crippen LogP contribution in [0.5, 0.6) is 0 Å². The first-order valence-corrected chi connectivity index (χ1v) is 7.86. The van der Waals surface area contributed by atoms with E-state index in [1.165, 1.54) is 7.11 Å². The van der Waals surface area contributed by atoms with Crippen molar-refractivity contribution >= 4 is 17.8 Å². The van der Waals surface area contributed by atoms with Crippen molar-refractivity contribution in [2.45, 2.75) is 40.2 Å². The Kier molecular flexibility index (Phi) is 7.42. The lowest BCUT2D eigenvalue weighted by Crippen LogP contribution is -2.44. The van der Waals surface area contributed by atoms with E-state index in [-0.39, 0.29) is 5.92 Å². The molecule has 132 valence electrons. The number of benzene rings is 1. The molecule has 1 rings (SSSR count). The normalized spacial score (nSPS) is 11.8. The van der Waals surface area contributed by atoms with Crippen LogP contribution in [0.25, 0.3) is 0 Å². The van der Waals surface area contributed by atoms with Crippen molar-refractivity contribution in [3.05, 3.63) is 34.9 Å². The Bertz CT molecular complexity index is 609. The number of carbonyl (C=O) groups excluding carboxylic acids is 3. The summed E-state index contributed by atoms with van der Waals surface area (Å²) < 4.78 is 9.72. The number of aryl methyl sites for hydroxylation is 1. The molecule has 0 aromatic heterocycles. The molecule has 0 saturated heterocycles. The maximum Gasteiger partial charge on any atom is 0.338 e. The molecule has 24 heavy (non-hydrogen) atoms. The summed E-state index contributed by atoms with van der Waals surface area (Å²) in [4.78, 5) is 35.7. The molecule has 0 aliphatic rings. The molecule has 1 amide bonds. The van der Waals surface area contributed by atoms with Crippen molar-refractivity contribution in [3.63, 3.8) is 0 Å². The topological polar surface area (TPSA) is 81.7 Å². The van der Waals surface area contributed by atoms with Crippen molar-refractivity contribution in [2.75, 3.05) is 13.7 Å². The molecule has 0 heterocycles. The summed E-state index contributed by atoms with van der Waals surface area (Å²) in [6, 6.07) is 4.56. The maximum absolute atomic E-state index is 12.1. The first-order chi connectivity index (χ1) is 11.3. The lowest BCUT2D eigenvalue weighted by molar-refractivity contribution is -0.145. The summed E-state index contributed by atoms with van der Waals surface area (Å²) in [6.45, 7) is 7.14. The summed E-state index contributed by atoms with van der Waals surface area (Å²) in [5.74, 6) is -1.42. The molecule has 6 nitrogen and oxygen atoms in total. The Labute approximate surface area is 142 Å². The van der Waals surface area contributed by atoms with Gasteiger partial charge in [0.05, 0.1) is 12.7 Å². The Balaban J connectivity index is 2.62. The van der Waals surface area contributed by atoms with Crippen LogP contribution in [0.3, 0.4) is 0 Å². The maximum atomic E-state index is 12.1. The number of hydrogen-bond donors (Lipinski definition) is 1. The minimum Gasteiger partial charge on any atom is -0.467 e. The van der Waals surface area contributed by atoms with Crippen LogP contribution in [0.15, 0.2) is 18.2 Å². The fourth-order valence-corrected chi connectivity index (χ4v) is 2.24. The summed E-state index contributed by atoms with van der Waals surface area (Å²) in [6.07, 6.45) is 0.448. The van der Waals surface area contributed by atoms with Gasteiger partial charge in [0.15, 0.2) is 6.61 Å². The molecular weight excluding hydrogens is 310 g/mol. The molecule has 0 saturated carbocycles. The van der Waals surface area contributed by atoms with E-state index < -0.39 is 30.5 Å². The van der Waals surface area contributed by atoms with Gasteiger partial charge in [-0.3, -0.25) is 4.79 Å². The fraction of sp³-hybridized carbons (Fsp3) is 0.500. The molecule has 0 unspecified atom stereocenters. The van der Waals surface area contributed by atoms with Gasteiger partial charge in [-0.2, -0.15) is 0 Å². The van der Waals surface area contributed by atoms with Gasteiger partial charge in [0.25, 0.3) is 5.91 Å². The van der Waals surface area contributed by atoms with E-state index in [4.69, 9.17) is 4.74 Å².